The highest BCUT2D eigenvalue weighted by Crippen LogP contribution is 2.22. The highest BCUT2D eigenvalue weighted by molar-refractivity contribution is 5.35. The molecular formula is C10H13N5. The molecule has 0 saturated carbocycles. The lowest BCUT2D eigenvalue weighted by molar-refractivity contribution is 0.449. The van der Waals surface area contributed by atoms with Gasteiger partial charge in [-0.1, -0.05) is 0 Å². The van der Waals surface area contributed by atoms with Gasteiger partial charge in [0.15, 0.2) is 5.65 Å². The van der Waals surface area contributed by atoms with Crippen LogP contribution in [0, 0.1) is 0 Å². The number of hydrogen-bond acceptors (Lipinski definition) is 4. The minimum absolute atomic E-state index is 0.582. The Bertz CT molecular complexity index is 458. The summed E-state index contributed by atoms with van der Waals surface area (Å²) in [6, 6.07) is 4.05. The number of aromatic nitrogens is 4. The van der Waals surface area contributed by atoms with E-state index in [1.807, 2.05) is 6.07 Å². The highest BCUT2D eigenvalue weighted by atomic mass is 15.3. The van der Waals surface area contributed by atoms with Crippen molar-refractivity contribution in [3.05, 3.63) is 24.2 Å². The normalized spacial score (nSPS) is 18.4. The van der Waals surface area contributed by atoms with Crippen molar-refractivity contribution in [3.8, 4) is 0 Å². The molecule has 1 aliphatic heterocycles. The zero-order valence-corrected chi connectivity index (χ0v) is 8.43. The molecule has 0 amide bonds. The van der Waals surface area contributed by atoms with Gasteiger partial charge < -0.3 is 5.32 Å². The summed E-state index contributed by atoms with van der Waals surface area (Å²) in [6.07, 6.45) is 3.99. The highest BCUT2D eigenvalue weighted by Gasteiger charge is 2.16. The molecule has 5 heteroatoms. The van der Waals surface area contributed by atoms with Crippen LogP contribution in [0.4, 0.5) is 0 Å². The van der Waals surface area contributed by atoms with Crippen LogP contribution < -0.4 is 5.32 Å². The van der Waals surface area contributed by atoms with Crippen molar-refractivity contribution >= 4 is 5.65 Å². The van der Waals surface area contributed by atoms with Gasteiger partial charge in [-0.3, -0.25) is 0 Å². The van der Waals surface area contributed by atoms with Gasteiger partial charge in [-0.2, -0.15) is 5.10 Å². The van der Waals surface area contributed by atoms with Crippen LogP contribution >= 0.6 is 0 Å². The van der Waals surface area contributed by atoms with Crippen LogP contribution in [0.15, 0.2) is 18.5 Å². The summed E-state index contributed by atoms with van der Waals surface area (Å²) in [6.45, 7) is 2.18. The zero-order valence-electron chi connectivity index (χ0n) is 8.43. The van der Waals surface area contributed by atoms with Crippen LogP contribution in [0.5, 0.6) is 0 Å². The molecule has 15 heavy (non-hydrogen) atoms. The fourth-order valence-corrected chi connectivity index (χ4v) is 2.08. The molecule has 5 nitrogen and oxygen atoms in total. The number of nitrogens with zero attached hydrogens (tertiary/aromatic N) is 4. The summed E-state index contributed by atoms with van der Waals surface area (Å²) in [4.78, 5) is 0. The second-order valence-corrected chi connectivity index (χ2v) is 3.92. The van der Waals surface area contributed by atoms with Gasteiger partial charge in [0.05, 0.1) is 5.69 Å². The lowest BCUT2D eigenvalue weighted by atomic mass is 9.94. The van der Waals surface area contributed by atoms with Gasteiger partial charge in [0.2, 0.25) is 0 Å². The van der Waals surface area contributed by atoms with Crippen molar-refractivity contribution < 1.29 is 0 Å². The summed E-state index contributed by atoms with van der Waals surface area (Å²) in [7, 11) is 0. The fraction of sp³-hybridized carbons (Fsp3) is 0.500. The third-order valence-electron chi connectivity index (χ3n) is 2.94. The average molecular weight is 203 g/mol. The number of rotatable bonds is 1. The van der Waals surface area contributed by atoms with Crippen LogP contribution in [0.3, 0.4) is 0 Å². The molecule has 0 aromatic carbocycles. The molecule has 2 aromatic rings. The van der Waals surface area contributed by atoms with Gasteiger partial charge >= 0.3 is 0 Å². The third-order valence-corrected chi connectivity index (χ3v) is 2.94. The maximum atomic E-state index is 4.52. The minimum atomic E-state index is 0.582. The second-order valence-electron chi connectivity index (χ2n) is 3.92. The molecule has 0 spiro atoms. The Labute approximate surface area is 87.5 Å². The van der Waals surface area contributed by atoms with Gasteiger partial charge in [0.1, 0.15) is 6.33 Å². The monoisotopic (exact) mass is 203 g/mol. The standard InChI is InChI=1S/C10H13N5/c1-2-10-13-12-7-15(10)14-9(1)8-3-5-11-6-4-8/h1-2,7-8,11H,3-6H2. The van der Waals surface area contributed by atoms with Gasteiger partial charge in [0, 0.05) is 5.92 Å². The van der Waals surface area contributed by atoms with Gasteiger partial charge in [-0.15, -0.1) is 10.2 Å². The van der Waals surface area contributed by atoms with Crippen molar-refractivity contribution in [2.24, 2.45) is 0 Å². The lowest BCUT2D eigenvalue weighted by Gasteiger charge is -2.21. The summed E-state index contributed by atoms with van der Waals surface area (Å²) >= 11 is 0. The van der Waals surface area contributed by atoms with Crippen molar-refractivity contribution in [2.45, 2.75) is 18.8 Å². The van der Waals surface area contributed by atoms with E-state index in [9.17, 15) is 0 Å². The van der Waals surface area contributed by atoms with Gasteiger partial charge in [-0.25, -0.2) is 4.52 Å². The first-order chi connectivity index (χ1) is 7.43. The zero-order chi connectivity index (χ0) is 10.1. The van der Waals surface area contributed by atoms with E-state index in [2.05, 4.69) is 26.7 Å². The molecule has 1 saturated heterocycles. The Kier molecular flexibility index (Phi) is 2.10. The van der Waals surface area contributed by atoms with Crippen LogP contribution in [0.2, 0.25) is 0 Å². The first kappa shape index (κ1) is 8.79. The topological polar surface area (TPSA) is 55.1 Å². The van der Waals surface area contributed by atoms with Crippen LogP contribution in [0.1, 0.15) is 24.5 Å². The number of piperidine rings is 1. The van der Waals surface area contributed by atoms with Crippen LogP contribution in [0.25, 0.3) is 5.65 Å². The quantitative estimate of drug-likeness (QED) is 0.737. The van der Waals surface area contributed by atoms with E-state index in [-0.39, 0.29) is 0 Å². The minimum Gasteiger partial charge on any atom is -0.317 e. The maximum Gasteiger partial charge on any atom is 0.177 e. The van der Waals surface area contributed by atoms with E-state index in [1.165, 1.54) is 12.8 Å². The number of fused-ring (bicyclic) bond motifs is 1. The molecule has 78 valence electrons. The van der Waals surface area contributed by atoms with E-state index in [1.54, 1.807) is 10.8 Å². The lowest BCUT2D eigenvalue weighted by Crippen LogP contribution is -2.27. The first-order valence-corrected chi connectivity index (χ1v) is 5.31. The van der Waals surface area contributed by atoms with E-state index in [0.717, 1.165) is 24.4 Å². The van der Waals surface area contributed by atoms with Crippen molar-refractivity contribution in [1.29, 1.82) is 0 Å². The maximum absolute atomic E-state index is 4.52. The Morgan fingerprint density at radius 1 is 1.27 bits per heavy atom. The summed E-state index contributed by atoms with van der Waals surface area (Å²) < 4.78 is 1.75. The Morgan fingerprint density at radius 2 is 2.13 bits per heavy atom. The molecule has 0 atom stereocenters. The summed E-state index contributed by atoms with van der Waals surface area (Å²) in [5.74, 6) is 0.582. The smallest absolute Gasteiger partial charge is 0.177 e. The Balaban J connectivity index is 1.95. The van der Waals surface area contributed by atoms with Crippen molar-refractivity contribution in [1.82, 2.24) is 25.1 Å². The predicted molar refractivity (Wildman–Crippen MR) is 55.6 cm³/mol. The van der Waals surface area contributed by atoms with Crippen LogP contribution in [-0.2, 0) is 0 Å². The molecule has 2 aromatic heterocycles. The summed E-state index contributed by atoms with van der Waals surface area (Å²) in [5.41, 5.74) is 1.97. The van der Waals surface area contributed by atoms with Crippen LogP contribution in [-0.4, -0.2) is 32.9 Å². The molecule has 1 aliphatic rings. The number of nitrogens with one attached hydrogen (secondary N) is 1. The first-order valence-electron chi connectivity index (χ1n) is 5.31. The fourth-order valence-electron chi connectivity index (χ4n) is 2.08. The van der Waals surface area contributed by atoms with E-state index >= 15 is 0 Å². The van der Waals surface area contributed by atoms with Gasteiger partial charge in [-0.05, 0) is 38.1 Å². The Morgan fingerprint density at radius 3 is 3.00 bits per heavy atom. The molecule has 0 unspecified atom stereocenters. The number of hydrogen-bond donors (Lipinski definition) is 1. The molecule has 3 rings (SSSR count). The van der Waals surface area contributed by atoms with E-state index in [0.29, 0.717) is 5.92 Å². The molecule has 0 radical (unpaired) electrons. The molecular weight excluding hydrogens is 190 g/mol. The average Bonchev–Trinajstić information content (AvgIpc) is 2.77. The molecule has 1 fully saturated rings. The second kappa shape index (κ2) is 3.58. The molecule has 3 heterocycles. The SMILES string of the molecule is c1cc2nncn2nc1C1CCNCC1. The largest absolute Gasteiger partial charge is 0.317 e. The van der Waals surface area contributed by atoms with Crippen molar-refractivity contribution in [3.63, 3.8) is 0 Å². The van der Waals surface area contributed by atoms with E-state index < -0.39 is 0 Å². The molecule has 1 N–H and O–H groups in total. The molecule has 0 aliphatic carbocycles. The van der Waals surface area contributed by atoms with E-state index in [4.69, 9.17) is 0 Å². The van der Waals surface area contributed by atoms with Crippen molar-refractivity contribution in [2.75, 3.05) is 13.1 Å². The molecule has 0 bridgehead atoms. The predicted octanol–water partition coefficient (Wildman–Crippen LogP) is 0.591. The van der Waals surface area contributed by atoms with Gasteiger partial charge in [0.25, 0.3) is 0 Å². The summed E-state index contributed by atoms with van der Waals surface area (Å²) in [5, 5.41) is 15.6. The third kappa shape index (κ3) is 1.59. The Hall–Kier alpha value is -1.49.